The normalized spacial score (nSPS) is 22.4. The van der Waals surface area contributed by atoms with E-state index >= 15 is 0 Å². The summed E-state index contributed by atoms with van der Waals surface area (Å²) in [4.78, 5) is 0. The Bertz CT molecular complexity index is 279. The SMILES string of the molecule is C=CC1=C(C2CC2)C=C(CC)CO1. The van der Waals surface area contributed by atoms with Gasteiger partial charge in [-0.25, -0.2) is 0 Å². The third-order valence-electron chi connectivity index (χ3n) is 2.71. The zero-order valence-electron chi connectivity index (χ0n) is 8.18. The molecule has 1 aliphatic heterocycles. The first kappa shape index (κ1) is 8.61. The third kappa shape index (κ3) is 1.69. The number of ether oxygens (including phenoxy) is 1. The van der Waals surface area contributed by atoms with Crippen LogP contribution in [0.4, 0.5) is 0 Å². The fourth-order valence-corrected chi connectivity index (χ4v) is 1.68. The largest absolute Gasteiger partial charge is 0.489 e. The molecule has 1 heterocycles. The monoisotopic (exact) mass is 176 g/mol. The Kier molecular flexibility index (Phi) is 2.26. The summed E-state index contributed by atoms with van der Waals surface area (Å²) in [6.07, 6.45) is 7.91. The van der Waals surface area contributed by atoms with E-state index in [1.165, 1.54) is 24.0 Å². The maximum absolute atomic E-state index is 5.64. The second-order valence-corrected chi connectivity index (χ2v) is 3.74. The molecule has 1 fully saturated rings. The molecule has 0 saturated heterocycles. The van der Waals surface area contributed by atoms with Crippen molar-refractivity contribution in [1.29, 1.82) is 0 Å². The van der Waals surface area contributed by atoms with Crippen molar-refractivity contribution in [2.45, 2.75) is 26.2 Å². The van der Waals surface area contributed by atoms with Crippen LogP contribution in [0.25, 0.3) is 0 Å². The molecule has 1 nitrogen and oxygen atoms in total. The Morgan fingerprint density at radius 1 is 1.62 bits per heavy atom. The molecule has 2 aliphatic rings. The van der Waals surface area contributed by atoms with Gasteiger partial charge in [0.25, 0.3) is 0 Å². The van der Waals surface area contributed by atoms with Crippen LogP contribution in [0.1, 0.15) is 26.2 Å². The van der Waals surface area contributed by atoms with E-state index in [0.29, 0.717) is 0 Å². The minimum Gasteiger partial charge on any atom is -0.489 e. The maximum atomic E-state index is 5.64. The van der Waals surface area contributed by atoms with Crippen LogP contribution in [-0.4, -0.2) is 6.61 Å². The average molecular weight is 176 g/mol. The highest BCUT2D eigenvalue weighted by molar-refractivity contribution is 5.38. The molecule has 1 heteroatoms. The Morgan fingerprint density at radius 2 is 2.38 bits per heavy atom. The zero-order valence-corrected chi connectivity index (χ0v) is 8.18. The number of rotatable bonds is 3. The van der Waals surface area contributed by atoms with Crippen molar-refractivity contribution < 1.29 is 4.74 Å². The number of hydrogen-bond donors (Lipinski definition) is 0. The van der Waals surface area contributed by atoms with Crippen molar-refractivity contribution in [3.8, 4) is 0 Å². The summed E-state index contributed by atoms with van der Waals surface area (Å²) >= 11 is 0. The number of hydrogen-bond acceptors (Lipinski definition) is 1. The fraction of sp³-hybridized carbons (Fsp3) is 0.500. The summed E-state index contributed by atoms with van der Waals surface area (Å²) in [5, 5.41) is 0. The van der Waals surface area contributed by atoms with E-state index in [9.17, 15) is 0 Å². The first-order valence-corrected chi connectivity index (χ1v) is 5.04. The van der Waals surface area contributed by atoms with Crippen LogP contribution in [0.2, 0.25) is 0 Å². The van der Waals surface area contributed by atoms with Gasteiger partial charge >= 0.3 is 0 Å². The predicted octanol–water partition coefficient (Wildman–Crippen LogP) is 3.20. The van der Waals surface area contributed by atoms with Crippen molar-refractivity contribution in [2.24, 2.45) is 5.92 Å². The van der Waals surface area contributed by atoms with Crippen molar-refractivity contribution in [1.82, 2.24) is 0 Å². The molecule has 0 bridgehead atoms. The quantitative estimate of drug-likeness (QED) is 0.641. The lowest BCUT2D eigenvalue weighted by Crippen LogP contribution is -2.06. The molecule has 2 rings (SSSR count). The van der Waals surface area contributed by atoms with Gasteiger partial charge in [0, 0.05) is 0 Å². The van der Waals surface area contributed by atoms with Crippen LogP contribution >= 0.6 is 0 Å². The molecule has 0 radical (unpaired) electrons. The maximum Gasteiger partial charge on any atom is 0.122 e. The summed E-state index contributed by atoms with van der Waals surface area (Å²) in [5.41, 5.74) is 2.80. The highest BCUT2D eigenvalue weighted by Crippen LogP contribution is 2.41. The second-order valence-electron chi connectivity index (χ2n) is 3.74. The lowest BCUT2D eigenvalue weighted by atomic mass is 10.0. The molecule has 13 heavy (non-hydrogen) atoms. The predicted molar refractivity (Wildman–Crippen MR) is 54.3 cm³/mol. The summed E-state index contributed by atoms with van der Waals surface area (Å²) in [6.45, 7) is 6.72. The van der Waals surface area contributed by atoms with Crippen LogP contribution in [-0.2, 0) is 4.74 Å². The summed E-state index contributed by atoms with van der Waals surface area (Å²) in [7, 11) is 0. The van der Waals surface area contributed by atoms with Crippen molar-refractivity contribution in [3.05, 3.63) is 35.6 Å². The highest BCUT2D eigenvalue weighted by Gasteiger charge is 2.29. The molecule has 70 valence electrons. The smallest absolute Gasteiger partial charge is 0.122 e. The van der Waals surface area contributed by atoms with Crippen LogP contribution in [0.3, 0.4) is 0 Å². The molecule has 0 aromatic rings. The van der Waals surface area contributed by atoms with Crippen molar-refractivity contribution in [3.63, 3.8) is 0 Å². The van der Waals surface area contributed by atoms with Gasteiger partial charge in [0.15, 0.2) is 0 Å². The first-order chi connectivity index (χ1) is 6.35. The molecular weight excluding hydrogens is 160 g/mol. The summed E-state index contributed by atoms with van der Waals surface area (Å²) in [6, 6.07) is 0. The molecule has 0 atom stereocenters. The fourth-order valence-electron chi connectivity index (χ4n) is 1.68. The van der Waals surface area contributed by atoms with Crippen LogP contribution in [0.5, 0.6) is 0 Å². The van der Waals surface area contributed by atoms with Gasteiger partial charge in [-0.05, 0) is 42.4 Å². The molecule has 0 spiro atoms. The summed E-state index contributed by atoms with van der Waals surface area (Å²) < 4.78 is 5.64. The average Bonchev–Trinajstić information content (AvgIpc) is 3.00. The molecule has 0 amide bonds. The molecular formula is C12H16O. The van der Waals surface area contributed by atoms with E-state index in [0.717, 1.165) is 24.7 Å². The molecule has 0 unspecified atom stereocenters. The van der Waals surface area contributed by atoms with Crippen molar-refractivity contribution >= 4 is 0 Å². The van der Waals surface area contributed by atoms with Gasteiger partial charge in [-0.3, -0.25) is 0 Å². The Balaban J connectivity index is 2.26. The molecule has 0 aromatic carbocycles. The lowest BCUT2D eigenvalue weighted by molar-refractivity contribution is 0.240. The van der Waals surface area contributed by atoms with E-state index in [-0.39, 0.29) is 0 Å². The molecule has 1 aliphatic carbocycles. The summed E-state index contributed by atoms with van der Waals surface area (Å²) in [5.74, 6) is 1.77. The molecule has 1 saturated carbocycles. The van der Waals surface area contributed by atoms with Crippen molar-refractivity contribution in [2.75, 3.05) is 6.61 Å². The molecule has 0 N–H and O–H groups in total. The van der Waals surface area contributed by atoms with Crippen LogP contribution in [0.15, 0.2) is 35.6 Å². The Labute approximate surface area is 79.8 Å². The van der Waals surface area contributed by atoms with Gasteiger partial charge < -0.3 is 4.74 Å². The minimum atomic E-state index is 0.758. The van der Waals surface area contributed by atoms with E-state index in [2.05, 4.69) is 19.6 Å². The Hall–Kier alpha value is -0.980. The van der Waals surface area contributed by atoms with Gasteiger partial charge in [-0.1, -0.05) is 19.6 Å². The third-order valence-corrected chi connectivity index (χ3v) is 2.71. The topological polar surface area (TPSA) is 9.23 Å². The zero-order chi connectivity index (χ0) is 9.26. The van der Waals surface area contributed by atoms with Crippen LogP contribution in [0, 0.1) is 5.92 Å². The van der Waals surface area contributed by atoms with Gasteiger partial charge in [0.05, 0.1) is 0 Å². The minimum absolute atomic E-state index is 0.758. The van der Waals surface area contributed by atoms with Gasteiger partial charge in [-0.2, -0.15) is 0 Å². The van der Waals surface area contributed by atoms with Gasteiger partial charge in [0.1, 0.15) is 12.4 Å². The first-order valence-electron chi connectivity index (χ1n) is 5.04. The van der Waals surface area contributed by atoms with E-state index in [4.69, 9.17) is 4.74 Å². The Morgan fingerprint density at radius 3 is 2.92 bits per heavy atom. The molecule has 0 aromatic heterocycles. The standard InChI is InChI=1S/C12H16O/c1-3-9-7-11(10-5-6-10)12(4-2)13-8-9/h4,7,10H,2-3,5-6,8H2,1H3. The van der Waals surface area contributed by atoms with Crippen LogP contribution < -0.4 is 0 Å². The van der Waals surface area contributed by atoms with E-state index < -0.39 is 0 Å². The highest BCUT2D eigenvalue weighted by atomic mass is 16.5. The number of allylic oxidation sites excluding steroid dienone is 3. The second kappa shape index (κ2) is 3.41. The lowest BCUT2D eigenvalue weighted by Gasteiger charge is -2.18. The van der Waals surface area contributed by atoms with Gasteiger partial charge in [-0.15, -0.1) is 0 Å². The van der Waals surface area contributed by atoms with E-state index in [1.54, 1.807) is 0 Å². The van der Waals surface area contributed by atoms with Gasteiger partial charge in [0.2, 0.25) is 0 Å². The van der Waals surface area contributed by atoms with E-state index in [1.807, 2.05) is 6.08 Å².